The van der Waals surface area contributed by atoms with Crippen LogP contribution in [0.1, 0.15) is 23.0 Å². The van der Waals surface area contributed by atoms with E-state index in [0.717, 1.165) is 21.2 Å². The number of carbonyl (C=O) groups excluding carboxylic acids is 1. The first kappa shape index (κ1) is 19.6. The Morgan fingerprint density at radius 3 is 2.60 bits per heavy atom. The number of thioether (sulfide) groups is 1. The highest BCUT2D eigenvalue weighted by Gasteiger charge is 2.33. The summed E-state index contributed by atoms with van der Waals surface area (Å²) in [5.41, 5.74) is -0.403. The average molecular weight is 434 g/mol. The average Bonchev–Trinajstić information content (AvgIpc) is 2.54. The third-order valence-corrected chi connectivity index (χ3v) is 4.61. The van der Waals surface area contributed by atoms with Gasteiger partial charge < -0.3 is 10.6 Å². The van der Waals surface area contributed by atoms with Gasteiger partial charge in [0.25, 0.3) is 5.91 Å². The maximum Gasteiger partial charge on any atom is 0.433 e. The number of rotatable bonds is 5. The smallest absolute Gasteiger partial charge is 0.385 e. The molecule has 1 heterocycles. The standard InChI is InChI=1S/C16H15BrF3N3OS/c1-3-25-12-8-9(17)4-5-10(12)15(24)23-14-11(21-2)6-7-13(22-14)16(18,19)20/h4-8,21H,3H2,1-2H3,(H,22,23,24). The molecule has 1 aromatic carbocycles. The minimum absolute atomic E-state index is 0.169. The molecule has 0 aliphatic heterocycles. The van der Waals surface area contributed by atoms with Crippen LogP contribution >= 0.6 is 27.7 Å². The Morgan fingerprint density at radius 2 is 2.00 bits per heavy atom. The molecule has 2 aromatic rings. The molecular formula is C16H15BrF3N3OS. The van der Waals surface area contributed by atoms with Crippen LogP contribution in [0, 0.1) is 0 Å². The molecule has 25 heavy (non-hydrogen) atoms. The van der Waals surface area contributed by atoms with Crippen molar-refractivity contribution in [1.29, 1.82) is 0 Å². The second-order valence-electron chi connectivity index (χ2n) is 4.87. The van der Waals surface area contributed by atoms with Crippen LogP contribution in [0.2, 0.25) is 0 Å². The molecule has 134 valence electrons. The molecule has 0 aliphatic carbocycles. The van der Waals surface area contributed by atoms with Crippen molar-refractivity contribution in [2.75, 3.05) is 23.4 Å². The van der Waals surface area contributed by atoms with Crippen LogP contribution in [0.25, 0.3) is 0 Å². The lowest BCUT2D eigenvalue weighted by atomic mass is 10.2. The fourth-order valence-electron chi connectivity index (χ4n) is 2.05. The van der Waals surface area contributed by atoms with Gasteiger partial charge in [0.15, 0.2) is 5.82 Å². The molecule has 0 atom stereocenters. The lowest BCUT2D eigenvalue weighted by molar-refractivity contribution is -0.141. The summed E-state index contributed by atoms with van der Waals surface area (Å²) in [6.45, 7) is 1.95. The molecule has 1 aromatic heterocycles. The molecule has 2 rings (SSSR count). The van der Waals surface area contributed by atoms with Gasteiger partial charge in [0, 0.05) is 16.4 Å². The minimum atomic E-state index is -4.59. The van der Waals surface area contributed by atoms with Gasteiger partial charge in [-0.2, -0.15) is 13.2 Å². The highest BCUT2D eigenvalue weighted by Crippen LogP contribution is 2.32. The quantitative estimate of drug-likeness (QED) is 0.630. The van der Waals surface area contributed by atoms with Gasteiger partial charge >= 0.3 is 6.18 Å². The van der Waals surface area contributed by atoms with Gasteiger partial charge in [0.1, 0.15) is 5.69 Å². The Hall–Kier alpha value is -1.74. The van der Waals surface area contributed by atoms with Crippen molar-refractivity contribution < 1.29 is 18.0 Å². The zero-order valence-electron chi connectivity index (χ0n) is 13.4. The van der Waals surface area contributed by atoms with Crippen LogP contribution in [0.4, 0.5) is 24.7 Å². The van der Waals surface area contributed by atoms with Crippen LogP contribution in [0.3, 0.4) is 0 Å². The Bertz CT molecular complexity index is 784. The Balaban J connectivity index is 2.37. The van der Waals surface area contributed by atoms with Crippen molar-refractivity contribution in [3.05, 3.63) is 46.1 Å². The second-order valence-corrected chi connectivity index (χ2v) is 7.09. The normalized spacial score (nSPS) is 11.3. The predicted molar refractivity (Wildman–Crippen MR) is 97.3 cm³/mol. The summed E-state index contributed by atoms with van der Waals surface area (Å²) in [5, 5.41) is 5.19. The Morgan fingerprint density at radius 1 is 1.28 bits per heavy atom. The fraction of sp³-hybridized carbons (Fsp3) is 0.250. The molecule has 0 saturated carbocycles. The first-order valence-corrected chi connectivity index (χ1v) is 9.03. The molecule has 0 aliphatic rings. The molecule has 0 fully saturated rings. The van der Waals surface area contributed by atoms with Gasteiger partial charge in [-0.25, -0.2) is 4.98 Å². The van der Waals surface area contributed by atoms with E-state index in [1.54, 1.807) is 18.2 Å². The van der Waals surface area contributed by atoms with Crippen LogP contribution in [0.15, 0.2) is 39.7 Å². The largest absolute Gasteiger partial charge is 0.433 e. The number of benzene rings is 1. The predicted octanol–water partition coefficient (Wildman–Crippen LogP) is 5.27. The van der Waals surface area contributed by atoms with E-state index in [2.05, 4.69) is 31.5 Å². The molecular weight excluding hydrogens is 419 g/mol. The first-order valence-electron chi connectivity index (χ1n) is 7.26. The number of anilines is 2. The molecule has 0 unspecified atom stereocenters. The lowest BCUT2D eigenvalue weighted by Crippen LogP contribution is -2.17. The monoisotopic (exact) mass is 433 g/mol. The van der Waals surface area contributed by atoms with E-state index in [-0.39, 0.29) is 5.82 Å². The van der Waals surface area contributed by atoms with Crippen molar-refractivity contribution >= 4 is 45.1 Å². The number of alkyl halides is 3. The summed E-state index contributed by atoms with van der Waals surface area (Å²) < 4.78 is 39.4. The third-order valence-electron chi connectivity index (χ3n) is 3.18. The van der Waals surface area contributed by atoms with Crippen molar-refractivity contribution in [2.45, 2.75) is 18.0 Å². The highest BCUT2D eigenvalue weighted by atomic mass is 79.9. The van der Waals surface area contributed by atoms with Gasteiger partial charge in [0.05, 0.1) is 11.3 Å². The summed E-state index contributed by atoms with van der Waals surface area (Å²) in [7, 11) is 1.54. The number of hydrogen-bond donors (Lipinski definition) is 2. The maximum absolute atomic E-state index is 12.9. The van der Waals surface area contributed by atoms with Crippen molar-refractivity contribution in [1.82, 2.24) is 4.98 Å². The molecule has 1 amide bonds. The maximum atomic E-state index is 12.9. The molecule has 0 saturated heterocycles. The summed E-state index contributed by atoms with van der Waals surface area (Å²) in [6.07, 6.45) is -4.59. The number of aromatic nitrogens is 1. The van der Waals surface area contributed by atoms with E-state index in [9.17, 15) is 18.0 Å². The Kier molecular flexibility index (Phi) is 6.34. The Labute approximate surface area is 155 Å². The highest BCUT2D eigenvalue weighted by molar-refractivity contribution is 9.10. The number of nitrogens with one attached hydrogen (secondary N) is 2. The van der Waals surface area contributed by atoms with E-state index in [0.29, 0.717) is 11.3 Å². The zero-order chi connectivity index (χ0) is 18.6. The second kappa shape index (κ2) is 8.09. The molecule has 2 N–H and O–H groups in total. The van der Waals surface area contributed by atoms with Gasteiger partial charge in [-0.05, 0) is 36.1 Å². The van der Waals surface area contributed by atoms with Gasteiger partial charge in [-0.3, -0.25) is 4.79 Å². The lowest BCUT2D eigenvalue weighted by Gasteiger charge is -2.14. The van der Waals surface area contributed by atoms with Crippen LogP contribution in [-0.4, -0.2) is 23.7 Å². The SMILES string of the molecule is CCSc1cc(Br)ccc1C(=O)Nc1nc(C(F)(F)F)ccc1NC. The number of halogens is 4. The van der Waals surface area contributed by atoms with Crippen LogP contribution < -0.4 is 10.6 Å². The zero-order valence-corrected chi connectivity index (χ0v) is 15.8. The molecule has 0 bridgehead atoms. The fourth-order valence-corrected chi connectivity index (χ4v) is 3.40. The van der Waals surface area contributed by atoms with E-state index in [1.165, 1.54) is 24.9 Å². The van der Waals surface area contributed by atoms with Crippen molar-refractivity contribution in [3.63, 3.8) is 0 Å². The summed E-state index contributed by atoms with van der Waals surface area (Å²) in [5.74, 6) is 0.0600. The number of carbonyl (C=O) groups is 1. The van der Waals surface area contributed by atoms with Crippen LogP contribution in [-0.2, 0) is 6.18 Å². The number of hydrogen-bond acceptors (Lipinski definition) is 4. The third kappa shape index (κ3) is 4.88. The number of nitrogens with zero attached hydrogens (tertiary/aromatic N) is 1. The number of amides is 1. The summed E-state index contributed by atoms with van der Waals surface area (Å²) in [6, 6.07) is 7.20. The number of pyridine rings is 1. The molecule has 9 heteroatoms. The van der Waals surface area contributed by atoms with E-state index < -0.39 is 17.8 Å². The molecule has 4 nitrogen and oxygen atoms in total. The van der Waals surface area contributed by atoms with E-state index in [1.807, 2.05) is 6.92 Å². The van der Waals surface area contributed by atoms with Crippen molar-refractivity contribution in [2.24, 2.45) is 0 Å². The molecule has 0 spiro atoms. The van der Waals surface area contributed by atoms with Gasteiger partial charge in [0.2, 0.25) is 0 Å². The minimum Gasteiger partial charge on any atom is -0.385 e. The van der Waals surface area contributed by atoms with Crippen LogP contribution in [0.5, 0.6) is 0 Å². The topological polar surface area (TPSA) is 54.0 Å². The first-order chi connectivity index (χ1) is 11.8. The van der Waals surface area contributed by atoms with Gasteiger partial charge in [-0.15, -0.1) is 11.8 Å². The summed E-state index contributed by atoms with van der Waals surface area (Å²) >= 11 is 4.81. The van der Waals surface area contributed by atoms with Gasteiger partial charge in [-0.1, -0.05) is 22.9 Å². The van der Waals surface area contributed by atoms with Crippen molar-refractivity contribution in [3.8, 4) is 0 Å². The summed E-state index contributed by atoms with van der Waals surface area (Å²) in [4.78, 5) is 16.8. The van der Waals surface area contributed by atoms with E-state index in [4.69, 9.17) is 0 Å². The van der Waals surface area contributed by atoms with E-state index >= 15 is 0 Å². The molecule has 0 radical (unpaired) electrons.